The molecule has 0 atom stereocenters. The van der Waals surface area contributed by atoms with E-state index in [9.17, 15) is 14.4 Å². The summed E-state index contributed by atoms with van der Waals surface area (Å²) >= 11 is 6.27. The molecule has 0 aliphatic heterocycles. The molecule has 2 rings (SSSR count). The maximum atomic E-state index is 12.4. The lowest BCUT2D eigenvalue weighted by atomic mass is 10.0. The monoisotopic (exact) mass is 472 g/mol. The molecule has 178 valence electrons. The molecule has 8 heteroatoms. The molecule has 7 nitrogen and oxygen atoms in total. The molecule has 2 aromatic carbocycles. The van der Waals surface area contributed by atoms with Gasteiger partial charge >= 0.3 is 0 Å². The van der Waals surface area contributed by atoms with E-state index < -0.39 is 0 Å². The number of benzene rings is 2. The molecule has 0 unspecified atom stereocenters. The van der Waals surface area contributed by atoms with Crippen molar-refractivity contribution in [1.82, 2.24) is 10.6 Å². The van der Waals surface area contributed by atoms with Gasteiger partial charge in [-0.2, -0.15) is 0 Å². The Morgan fingerprint density at radius 1 is 0.939 bits per heavy atom. The smallest absolute Gasteiger partial charge is 0.253 e. The van der Waals surface area contributed by atoms with Crippen LogP contribution in [0, 0.1) is 20.8 Å². The molecule has 33 heavy (non-hydrogen) atoms. The summed E-state index contributed by atoms with van der Waals surface area (Å²) in [5.41, 5.74) is 4.46. The van der Waals surface area contributed by atoms with Gasteiger partial charge in [0.1, 0.15) is 0 Å². The van der Waals surface area contributed by atoms with E-state index >= 15 is 0 Å². The van der Waals surface area contributed by atoms with Crippen molar-refractivity contribution in [3.05, 3.63) is 57.6 Å². The molecule has 4 N–H and O–H groups in total. The zero-order chi connectivity index (χ0) is 24.8. The van der Waals surface area contributed by atoms with Gasteiger partial charge in [-0.1, -0.05) is 36.2 Å². The highest BCUT2D eigenvalue weighted by Crippen LogP contribution is 2.23. The third-order valence-corrected chi connectivity index (χ3v) is 5.70. The Morgan fingerprint density at radius 3 is 2.15 bits per heavy atom. The maximum Gasteiger partial charge on any atom is 0.253 e. The Labute approximate surface area is 200 Å². The van der Waals surface area contributed by atoms with Gasteiger partial charge in [-0.3, -0.25) is 14.4 Å². The van der Waals surface area contributed by atoms with Crippen LogP contribution in [0.2, 0.25) is 5.02 Å². The summed E-state index contributed by atoms with van der Waals surface area (Å²) < 4.78 is 0. The molecule has 3 amide bonds. The summed E-state index contributed by atoms with van der Waals surface area (Å²) in [5, 5.41) is 11.6. The summed E-state index contributed by atoms with van der Waals surface area (Å²) in [5.74, 6) is -0.891. The Hall–Kier alpha value is -3.06. The average Bonchev–Trinajstić information content (AvgIpc) is 2.73. The van der Waals surface area contributed by atoms with Crippen molar-refractivity contribution in [2.24, 2.45) is 0 Å². The van der Waals surface area contributed by atoms with Gasteiger partial charge in [-0.05, 0) is 70.4 Å². The Bertz CT molecular complexity index is 1030. The van der Waals surface area contributed by atoms with Crippen LogP contribution >= 0.6 is 11.6 Å². The van der Waals surface area contributed by atoms with E-state index in [4.69, 9.17) is 11.6 Å². The Morgan fingerprint density at radius 2 is 1.58 bits per heavy atom. The van der Waals surface area contributed by atoms with Crippen molar-refractivity contribution >= 4 is 40.7 Å². The second kappa shape index (κ2) is 11.2. The minimum absolute atomic E-state index is 0.0411. The number of hydrogen-bond acceptors (Lipinski definition) is 4. The van der Waals surface area contributed by atoms with Crippen LogP contribution in [0.25, 0.3) is 0 Å². The van der Waals surface area contributed by atoms with Gasteiger partial charge < -0.3 is 21.3 Å². The summed E-state index contributed by atoms with van der Waals surface area (Å²) in [6.07, 6.45) is 0.785. The fourth-order valence-electron chi connectivity index (χ4n) is 3.26. The molecule has 2 aromatic rings. The summed E-state index contributed by atoms with van der Waals surface area (Å²) in [7, 11) is 0. The number of nitrogens with one attached hydrogen (secondary N) is 4. The van der Waals surface area contributed by atoms with Gasteiger partial charge in [0.2, 0.25) is 11.8 Å². The lowest BCUT2D eigenvalue weighted by Crippen LogP contribution is -2.42. The molecule has 0 saturated heterocycles. The molecule has 0 aliphatic rings. The summed E-state index contributed by atoms with van der Waals surface area (Å²) in [6.45, 7) is 11.6. The molecule has 0 heterocycles. The number of halogens is 1. The fourth-order valence-corrected chi connectivity index (χ4v) is 3.52. The van der Waals surface area contributed by atoms with E-state index in [0.29, 0.717) is 11.3 Å². The summed E-state index contributed by atoms with van der Waals surface area (Å²) in [4.78, 5) is 36.8. The van der Waals surface area contributed by atoms with Crippen molar-refractivity contribution in [2.75, 3.05) is 23.7 Å². The van der Waals surface area contributed by atoms with Crippen molar-refractivity contribution in [3.63, 3.8) is 0 Å². The minimum atomic E-state index is -0.342. The fraction of sp³-hybridized carbons (Fsp3) is 0.400. The molecule has 0 fully saturated rings. The first-order valence-corrected chi connectivity index (χ1v) is 11.3. The highest BCUT2D eigenvalue weighted by molar-refractivity contribution is 6.34. The number of amides is 3. The standard InChI is InChI=1S/C25H33ClN4O3/c1-7-25(5,6)30-24(33)19-9-8-18(12-20(19)26)27-13-21(31)28-14-22(32)29-23-16(3)10-15(2)11-17(23)4/h8-12,27H,7,13-14H2,1-6H3,(H,28,31)(H,29,32)(H,30,33). The van der Waals surface area contributed by atoms with Crippen LogP contribution in [0.4, 0.5) is 11.4 Å². The van der Waals surface area contributed by atoms with Crippen molar-refractivity contribution in [2.45, 2.75) is 53.5 Å². The predicted molar refractivity (Wildman–Crippen MR) is 134 cm³/mol. The van der Waals surface area contributed by atoms with Crippen LogP contribution in [0.1, 0.15) is 54.2 Å². The van der Waals surface area contributed by atoms with E-state index in [1.807, 2.05) is 53.7 Å². The lowest BCUT2D eigenvalue weighted by Gasteiger charge is -2.24. The van der Waals surface area contributed by atoms with Crippen molar-refractivity contribution in [1.29, 1.82) is 0 Å². The predicted octanol–water partition coefficient (Wildman–Crippen LogP) is 4.35. The van der Waals surface area contributed by atoms with E-state index in [0.717, 1.165) is 28.8 Å². The van der Waals surface area contributed by atoms with Gasteiger partial charge in [0.05, 0.1) is 23.7 Å². The maximum absolute atomic E-state index is 12.4. The van der Waals surface area contributed by atoms with Crippen LogP contribution in [0.3, 0.4) is 0 Å². The van der Waals surface area contributed by atoms with E-state index in [1.165, 1.54) is 0 Å². The van der Waals surface area contributed by atoms with Gasteiger partial charge in [-0.25, -0.2) is 0 Å². The number of hydrogen-bond donors (Lipinski definition) is 4. The number of aryl methyl sites for hydroxylation is 3. The number of rotatable bonds is 9. The van der Waals surface area contributed by atoms with Gasteiger partial charge in [0.15, 0.2) is 0 Å². The minimum Gasteiger partial charge on any atom is -0.376 e. The van der Waals surface area contributed by atoms with Crippen molar-refractivity contribution in [3.8, 4) is 0 Å². The quantitative estimate of drug-likeness (QED) is 0.436. The van der Waals surface area contributed by atoms with Crippen molar-refractivity contribution < 1.29 is 14.4 Å². The van der Waals surface area contributed by atoms with Gasteiger partial charge in [-0.15, -0.1) is 0 Å². The Balaban J connectivity index is 1.85. The average molecular weight is 473 g/mol. The highest BCUT2D eigenvalue weighted by Gasteiger charge is 2.20. The molecule has 0 aliphatic carbocycles. The first-order chi connectivity index (χ1) is 15.4. The normalized spacial score (nSPS) is 11.0. The van der Waals surface area contributed by atoms with Crippen LogP contribution < -0.4 is 21.3 Å². The molecule has 0 bridgehead atoms. The van der Waals surface area contributed by atoms with E-state index in [2.05, 4.69) is 21.3 Å². The Kier molecular flexibility index (Phi) is 8.88. The number of carbonyl (C=O) groups excluding carboxylic acids is 3. The zero-order valence-electron chi connectivity index (χ0n) is 20.1. The molecule has 0 aromatic heterocycles. The van der Waals surface area contributed by atoms with Gasteiger partial charge in [0.25, 0.3) is 5.91 Å². The number of anilines is 2. The van der Waals surface area contributed by atoms with Crippen LogP contribution in [-0.2, 0) is 9.59 Å². The van der Waals surface area contributed by atoms with Crippen LogP contribution in [0.5, 0.6) is 0 Å². The molecule has 0 radical (unpaired) electrons. The van der Waals surface area contributed by atoms with Crippen LogP contribution in [-0.4, -0.2) is 36.3 Å². The second-order valence-electron chi connectivity index (χ2n) is 8.84. The first-order valence-electron chi connectivity index (χ1n) is 10.9. The molecular formula is C25H33ClN4O3. The third-order valence-electron chi connectivity index (χ3n) is 5.39. The summed E-state index contributed by atoms with van der Waals surface area (Å²) in [6, 6.07) is 8.88. The zero-order valence-corrected chi connectivity index (χ0v) is 20.9. The molecule has 0 saturated carbocycles. The first kappa shape index (κ1) is 26.2. The van der Waals surface area contributed by atoms with E-state index in [1.54, 1.807) is 18.2 Å². The SMILES string of the molecule is CCC(C)(C)NC(=O)c1ccc(NCC(=O)NCC(=O)Nc2c(C)cc(C)cc2C)cc1Cl. The topological polar surface area (TPSA) is 99.3 Å². The second-order valence-corrected chi connectivity index (χ2v) is 9.25. The van der Waals surface area contributed by atoms with E-state index in [-0.39, 0.29) is 41.4 Å². The third kappa shape index (κ3) is 7.79. The molecular weight excluding hydrogens is 440 g/mol. The van der Waals surface area contributed by atoms with Gasteiger partial charge in [0, 0.05) is 16.9 Å². The van der Waals surface area contributed by atoms with Crippen LogP contribution in [0.15, 0.2) is 30.3 Å². The largest absolute Gasteiger partial charge is 0.376 e. The lowest BCUT2D eigenvalue weighted by molar-refractivity contribution is -0.122. The molecule has 0 spiro atoms. The highest BCUT2D eigenvalue weighted by atomic mass is 35.5. The number of carbonyl (C=O) groups is 3.